The molecule has 0 spiro atoms. The van der Waals surface area contributed by atoms with Crippen molar-refractivity contribution in [2.75, 3.05) is 0 Å². The van der Waals surface area contributed by atoms with Crippen LogP contribution >= 0.6 is 15.9 Å². The van der Waals surface area contributed by atoms with E-state index < -0.39 is 12.0 Å². The molecule has 0 aliphatic heterocycles. The van der Waals surface area contributed by atoms with E-state index in [2.05, 4.69) is 26.5 Å². The van der Waals surface area contributed by atoms with Crippen LogP contribution in [0.5, 0.6) is 5.75 Å². The number of hydrogen-bond donors (Lipinski definition) is 2. The molecule has 0 unspecified atom stereocenters. The van der Waals surface area contributed by atoms with E-state index in [0.717, 1.165) is 10.0 Å². The average molecular weight is 376 g/mol. The van der Waals surface area contributed by atoms with Crippen molar-refractivity contribution in [2.45, 2.75) is 6.92 Å². The molecular formula is C16H14BrN3O3. The summed E-state index contributed by atoms with van der Waals surface area (Å²) in [4.78, 5) is 22.8. The molecule has 0 aliphatic carbocycles. The van der Waals surface area contributed by atoms with E-state index in [1.54, 1.807) is 30.3 Å². The number of aryl methyl sites for hydroxylation is 1. The third kappa shape index (κ3) is 4.93. The maximum Gasteiger partial charge on any atom is 0.343 e. The molecule has 23 heavy (non-hydrogen) atoms. The molecule has 0 bridgehead atoms. The van der Waals surface area contributed by atoms with Gasteiger partial charge in [0.15, 0.2) is 0 Å². The molecular weight excluding hydrogens is 362 g/mol. The zero-order chi connectivity index (χ0) is 16.8. The minimum Gasteiger partial charge on any atom is -0.422 e. The van der Waals surface area contributed by atoms with Gasteiger partial charge in [0.2, 0.25) is 0 Å². The van der Waals surface area contributed by atoms with Gasteiger partial charge in [0, 0.05) is 10.0 Å². The summed E-state index contributed by atoms with van der Waals surface area (Å²) in [5.41, 5.74) is 9.02. The number of halogens is 1. The molecule has 0 heterocycles. The van der Waals surface area contributed by atoms with Crippen LogP contribution in [0.4, 0.5) is 4.79 Å². The number of amides is 2. The number of esters is 1. The van der Waals surface area contributed by atoms with Crippen molar-refractivity contribution in [3.05, 3.63) is 63.6 Å². The molecule has 0 saturated heterocycles. The molecule has 6 nitrogen and oxygen atoms in total. The predicted octanol–water partition coefficient (Wildman–Crippen LogP) is 2.98. The Balaban J connectivity index is 2.21. The summed E-state index contributed by atoms with van der Waals surface area (Å²) in [6.07, 6.45) is 1.34. The van der Waals surface area contributed by atoms with Crippen LogP contribution in [0.2, 0.25) is 0 Å². The zero-order valence-corrected chi connectivity index (χ0v) is 13.8. The quantitative estimate of drug-likeness (QED) is 0.372. The number of carbonyl (C=O) groups is 2. The van der Waals surface area contributed by atoms with Gasteiger partial charge in [-0.2, -0.15) is 5.10 Å². The standard InChI is InChI=1S/C16H14BrN3O3/c1-10-2-4-11(5-3-10)15(21)23-14-7-6-13(17)8-12(14)9-19-20-16(18)22/h2-9H,1H3,(H3,18,20,22). The molecule has 0 saturated carbocycles. The second-order valence-corrected chi connectivity index (χ2v) is 5.59. The predicted molar refractivity (Wildman–Crippen MR) is 90.6 cm³/mol. The second kappa shape index (κ2) is 7.55. The third-order valence-electron chi connectivity index (χ3n) is 2.84. The van der Waals surface area contributed by atoms with Crippen LogP contribution in [0.1, 0.15) is 21.5 Å². The molecule has 2 aromatic carbocycles. The lowest BCUT2D eigenvalue weighted by molar-refractivity contribution is 0.0734. The Labute approximate surface area is 141 Å². The first-order chi connectivity index (χ1) is 11.0. The van der Waals surface area contributed by atoms with Gasteiger partial charge in [-0.3, -0.25) is 0 Å². The molecule has 0 aliphatic rings. The van der Waals surface area contributed by atoms with Crippen molar-refractivity contribution < 1.29 is 14.3 Å². The number of urea groups is 1. The number of benzene rings is 2. The highest BCUT2D eigenvalue weighted by atomic mass is 79.9. The number of rotatable bonds is 4. The number of nitrogens with two attached hydrogens (primary N) is 1. The molecule has 0 fully saturated rings. The maximum atomic E-state index is 12.2. The van der Waals surface area contributed by atoms with Crippen LogP contribution in [-0.2, 0) is 0 Å². The van der Waals surface area contributed by atoms with E-state index in [-0.39, 0.29) is 0 Å². The van der Waals surface area contributed by atoms with Crippen LogP contribution in [-0.4, -0.2) is 18.2 Å². The monoisotopic (exact) mass is 375 g/mol. The Morgan fingerprint density at radius 3 is 2.57 bits per heavy atom. The number of hydrogen-bond acceptors (Lipinski definition) is 4. The van der Waals surface area contributed by atoms with Gasteiger partial charge < -0.3 is 10.5 Å². The van der Waals surface area contributed by atoms with Crippen LogP contribution in [0.3, 0.4) is 0 Å². The van der Waals surface area contributed by atoms with Gasteiger partial charge >= 0.3 is 12.0 Å². The summed E-state index contributed by atoms with van der Waals surface area (Å²) >= 11 is 3.32. The first-order valence-electron chi connectivity index (χ1n) is 6.62. The fourth-order valence-electron chi connectivity index (χ4n) is 1.73. The summed E-state index contributed by atoms with van der Waals surface area (Å²) in [5.74, 6) is -0.168. The smallest absolute Gasteiger partial charge is 0.343 e. The van der Waals surface area contributed by atoms with Crippen LogP contribution < -0.4 is 15.9 Å². The van der Waals surface area contributed by atoms with Gasteiger partial charge in [-0.15, -0.1) is 0 Å². The highest BCUT2D eigenvalue weighted by Crippen LogP contribution is 2.23. The normalized spacial score (nSPS) is 10.5. The van der Waals surface area contributed by atoms with Crippen molar-refractivity contribution in [3.63, 3.8) is 0 Å². The number of primary amides is 1. The van der Waals surface area contributed by atoms with E-state index in [1.165, 1.54) is 6.21 Å². The topological polar surface area (TPSA) is 93.8 Å². The number of ether oxygens (including phenoxy) is 1. The number of hydrazone groups is 1. The molecule has 0 aromatic heterocycles. The summed E-state index contributed by atoms with van der Waals surface area (Å²) in [5, 5.41) is 3.67. The lowest BCUT2D eigenvalue weighted by Crippen LogP contribution is -2.24. The fourth-order valence-corrected chi connectivity index (χ4v) is 2.11. The summed E-state index contributed by atoms with van der Waals surface area (Å²) < 4.78 is 6.16. The van der Waals surface area contributed by atoms with Crippen LogP contribution in [0.15, 0.2) is 52.0 Å². The first-order valence-corrected chi connectivity index (χ1v) is 7.42. The van der Waals surface area contributed by atoms with Crippen molar-refractivity contribution in [1.82, 2.24) is 5.43 Å². The Hall–Kier alpha value is -2.67. The van der Waals surface area contributed by atoms with Gasteiger partial charge in [0.1, 0.15) is 5.75 Å². The summed E-state index contributed by atoms with van der Waals surface area (Å²) in [6, 6.07) is 11.3. The molecule has 2 amide bonds. The molecule has 2 rings (SSSR count). The van der Waals surface area contributed by atoms with Gasteiger partial charge in [0.05, 0.1) is 11.8 Å². The minimum atomic E-state index is -0.783. The summed E-state index contributed by atoms with van der Waals surface area (Å²) in [7, 11) is 0. The number of nitrogens with zero attached hydrogens (tertiary/aromatic N) is 1. The number of carbonyl (C=O) groups excluding carboxylic acids is 2. The average Bonchev–Trinajstić information content (AvgIpc) is 2.50. The lowest BCUT2D eigenvalue weighted by atomic mass is 10.1. The molecule has 7 heteroatoms. The Morgan fingerprint density at radius 1 is 1.22 bits per heavy atom. The highest BCUT2D eigenvalue weighted by molar-refractivity contribution is 9.10. The highest BCUT2D eigenvalue weighted by Gasteiger charge is 2.11. The summed E-state index contributed by atoms with van der Waals surface area (Å²) in [6.45, 7) is 1.93. The largest absolute Gasteiger partial charge is 0.422 e. The van der Waals surface area contributed by atoms with Gasteiger partial charge in [-0.05, 0) is 37.3 Å². The molecule has 2 aromatic rings. The van der Waals surface area contributed by atoms with E-state index >= 15 is 0 Å². The van der Waals surface area contributed by atoms with E-state index in [1.807, 2.05) is 19.1 Å². The maximum absolute atomic E-state index is 12.2. The van der Waals surface area contributed by atoms with E-state index in [4.69, 9.17) is 10.5 Å². The first kappa shape index (κ1) is 16.7. The van der Waals surface area contributed by atoms with Crippen LogP contribution in [0, 0.1) is 6.92 Å². The van der Waals surface area contributed by atoms with E-state index in [9.17, 15) is 9.59 Å². The van der Waals surface area contributed by atoms with Gasteiger partial charge in [-0.25, -0.2) is 15.0 Å². The van der Waals surface area contributed by atoms with Crippen molar-refractivity contribution in [2.24, 2.45) is 10.8 Å². The van der Waals surface area contributed by atoms with Crippen molar-refractivity contribution in [3.8, 4) is 5.75 Å². The zero-order valence-electron chi connectivity index (χ0n) is 12.2. The Kier molecular flexibility index (Phi) is 5.48. The Morgan fingerprint density at radius 2 is 1.91 bits per heavy atom. The Bertz CT molecular complexity index is 758. The molecule has 0 radical (unpaired) electrons. The number of nitrogens with one attached hydrogen (secondary N) is 1. The van der Waals surface area contributed by atoms with Gasteiger partial charge in [0.25, 0.3) is 0 Å². The van der Waals surface area contributed by atoms with Crippen molar-refractivity contribution in [1.29, 1.82) is 0 Å². The second-order valence-electron chi connectivity index (χ2n) is 4.67. The van der Waals surface area contributed by atoms with Crippen molar-refractivity contribution >= 4 is 34.1 Å². The lowest BCUT2D eigenvalue weighted by Gasteiger charge is -2.08. The van der Waals surface area contributed by atoms with Crippen LogP contribution in [0.25, 0.3) is 0 Å². The fraction of sp³-hybridized carbons (Fsp3) is 0.0625. The van der Waals surface area contributed by atoms with E-state index in [0.29, 0.717) is 16.9 Å². The molecule has 0 atom stereocenters. The molecule has 118 valence electrons. The van der Waals surface area contributed by atoms with Gasteiger partial charge in [-0.1, -0.05) is 33.6 Å². The SMILES string of the molecule is Cc1ccc(C(=O)Oc2ccc(Br)cc2C=NNC(N)=O)cc1. The third-order valence-corrected chi connectivity index (χ3v) is 3.33. The minimum absolute atomic E-state index is 0.314. The molecule has 3 N–H and O–H groups in total.